The van der Waals surface area contributed by atoms with Crippen LogP contribution in [0.1, 0.15) is 44.7 Å². The van der Waals surface area contributed by atoms with Crippen molar-refractivity contribution in [3.8, 4) is 0 Å². The van der Waals surface area contributed by atoms with E-state index in [4.69, 9.17) is 0 Å². The highest BCUT2D eigenvalue weighted by molar-refractivity contribution is 5.36. The molecule has 0 bridgehead atoms. The van der Waals surface area contributed by atoms with Crippen LogP contribution in [0.3, 0.4) is 0 Å². The molecule has 0 radical (unpaired) electrons. The van der Waals surface area contributed by atoms with Gasteiger partial charge in [-0.1, -0.05) is 19.4 Å². The molecule has 0 amide bonds. The van der Waals surface area contributed by atoms with E-state index in [1.54, 1.807) is 0 Å². The zero-order chi connectivity index (χ0) is 11.4. The van der Waals surface area contributed by atoms with Crippen molar-refractivity contribution in [1.29, 1.82) is 0 Å². The van der Waals surface area contributed by atoms with Gasteiger partial charge in [-0.25, -0.2) is 4.98 Å². The largest absolute Gasteiger partial charge is 0.367 e. The summed E-state index contributed by atoms with van der Waals surface area (Å²) in [7, 11) is 0. The third kappa shape index (κ3) is 2.97. The average molecular weight is 218 g/mol. The van der Waals surface area contributed by atoms with Crippen molar-refractivity contribution in [2.24, 2.45) is 5.92 Å². The average Bonchev–Trinajstić information content (AvgIpc) is 2.30. The van der Waals surface area contributed by atoms with E-state index in [-0.39, 0.29) is 0 Å². The van der Waals surface area contributed by atoms with Gasteiger partial charge < -0.3 is 5.32 Å². The third-order valence-electron chi connectivity index (χ3n) is 3.66. The van der Waals surface area contributed by atoms with Gasteiger partial charge in [0.05, 0.1) is 0 Å². The lowest BCUT2D eigenvalue weighted by Crippen LogP contribution is -2.26. The number of hydrogen-bond acceptors (Lipinski definition) is 2. The summed E-state index contributed by atoms with van der Waals surface area (Å²) in [6.07, 6.45) is 6.69. The molecule has 2 heteroatoms. The van der Waals surface area contributed by atoms with Gasteiger partial charge >= 0.3 is 0 Å². The van der Waals surface area contributed by atoms with E-state index in [1.165, 1.54) is 32.1 Å². The molecule has 0 saturated heterocycles. The Balaban J connectivity index is 1.87. The number of aromatic nitrogens is 1. The van der Waals surface area contributed by atoms with E-state index < -0.39 is 0 Å². The molecule has 1 aliphatic rings. The molecule has 1 saturated carbocycles. The van der Waals surface area contributed by atoms with Crippen LogP contribution in [-0.2, 0) is 0 Å². The van der Waals surface area contributed by atoms with Crippen LogP contribution in [-0.4, -0.2) is 11.0 Å². The van der Waals surface area contributed by atoms with Crippen molar-refractivity contribution in [2.45, 2.75) is 52.0 Å². The Morgan fingerprint density at radius 1 is 1.25 bits per heavy atom. The molecular formula is C14H22N2. The molecule has 0 spiro atoms. The second kappa shape index (κ2) is 5.33. The first-order chi connectivity index (χ1) is 7.78. The first-order valence-corrected chi connectivity index (χ1v) is 6.48. The summed E-state index contributed by atoms with van der Waals surface area (Å²) in [6.45, 7) is 4.35. The predicted molar refractivity (Wildman–Crippen MR) is 68.6 cm³/mol. The maximum atomic E-state index is 4.50. The van der Waals surface area contributed by atoms with Gasteiger partial charge in [-0.3, -0.25) is 0 Å². The Bertz CT molecular complexity index is 327. The van der Waals surface area contributed by atoms with Gasteiger partial charge in [-0.2, -0.15) is 0 Å². The van der Waals surface area contributed by atoms with Crippen LogP contribution >= 0.6 is 0 Å². The normalized spacial score (nSPS) is 25.4. The van der Waals surface area contributed by atoms with Crippen LogP contribution in [0, 0.1) is 12.8 Å². The van der Waals surface area contributed by atoms with E-state index in [2.05, 4.69) is 29.4 Å². The zero-order valence-electron chi connectivity index (χ0n) is 10.4. The molecule has 1 heterocycles. The highest BCUT2D eigenvalue weighted by Crippen LogP contribution is 2.28. The number of pyridine rings is 1. The summed E-state index contributed by atoms with van der Waals surface area (Å²) in [6, 6.07) is 6.82. The number of nitrogens with one attached hydrogen (secondary N) is 1. The first-order valence-electron chi connectivity index (χ1n) is 6.48. The predicted octanol–water partition coefficient (Wildman–Crippen LogP) is 3.77. The minimum Gasteiger partial charge on any atom is -0.367 e. The molecule has 88 valence electrons. The standard InChI is InChI=1S/C14H22N2/c1-3-12-7-9-13(10-8-12)16-14-6-4-5-11(2)15-14/h4-6,12-13H,3,7-10H2,1-2H3,(H,15,16). The summed E-state index contributed by atoms with van der Waals surface area (Å²) < 4.78 is 0. The number of aryl methyl sites for hydroxylation is 1. The van der Waals surface area contributed by atoms with E-state index in [9.17, 15) is 0 Å². The molecule has 0 unspecified atom stereocenters. The second-order valence-corrected chi connectivity index (χ2v) is 4.93. The minimum atomic E-state index is 0.636. The minimum absolute atomic E-state index is 0.636. The van der Waals surface area contributed by atoms with Crippen LogP contribution in [0.25, 0.3) is 0 Å². The SMILES string of the molecule is CCC1CCC(Nc2cccc(C)n2)CC1. The molecule has 0 atom stereocenters. The molecule has 2 nitrogen and oxygen atoms in total. The molecule has 1 N–H and O–H groups in total. The van der Waals surface area contributed by atoms with E-state index in [1.807, 2.05) is 13.0 Å². The van der Waals surface area contributed by atoms with Crippen molar-refractivity contribution in [3.05, 3.63) is 23.9 Å². The Morgan fingerprint density at radius 3 is 2.62 bits per heavy atom. The van der Waals surface area contributed by atoms with Gasteiger partial charge in [0.2, 0.25) is 0 Å². The Labute approximate surface area is 98.5 Å². The molecule has 2 rings (SSSR count). The van der Waals surface area contributed by atoms with Crippen LogP contribution in [0.5, 0.6) is 0 Å². The first kappa shape index (κ1) is 11.4. The Kier molecular flexibility index (Phi) is 3.81. The van der Waals surface area contributed by atoms with Gasteiger partial charge in [0.25, 0.3) is 0 Å². The van der Waals surface area contributed by atoms with Gasteiger partial charge in [0.15, 0.2) is 0 Å². The molecule has 16 heavy (non-hydrogen) atoms. The van der Waals surface area contributed by atoms with E-state index in [0.717, 1.165) is 17.4 Å². The second-order valence-electron chi connectivity index (χ2n) is 4.93. The summed E-state index contributed by atoms with van der Waals surface area (Å²) in [5, 5.41) is 3.56. The van der Waals surface area contributed by atoms with Gasteiger partial charge in [-0.05, 0) is 50.7 Å². The molecule has 1 aromatic heterocycles. The topological polar surface area (TPSA) is 24.9 Å². The molecular weight excluding hydrogens is 196 g/mol. The van der Waals surface area contributed by atoms with Crippen LogP contribution in [0.15, 0.2) is 18.2 Å². The number of rotatable bonds is 3. The number of hydrogen-bond donors (Lipinski definition) is 1. The molecule has 0 aliphatic heterocycles. The van der Waals surface area contributed by atoms with Crippen LogP contribution < -0.4 is 5.32 Å². The fraction of sp³-hybridized carbons (Fsp3) is 0.643. The lowest BCUT2D eigenvalue weighted by atomic mass is 9.84. The summed E-state index contributed by atoms with van der Waals surface area (Å²) in [5.41, 5.74) is 1.09. The summed E-state index contributed by atoms with van der Waals surface area (Å²) >= 11 is 0. The molecule has 1 aromatic rings. The maximum absolute atomic E-state index is 4.50. The van der Waals surface area contributed by atoms with Gasteiger partial charge in [-0.15, -0.1) is 0 Å². The number of nitrogens with zero attached hydrogens (tertiary/aromatic N) is 1. The Morgan fingerprint density at radius 2 is 2.00 bits per heavy atom. The fourth-order valence-electron chi connectivity index (χ4n) is 2.55. The Hall–Kier alpha value is -1.05. The van der Waals surface area contributed by atoms with Crippen LogP contribution in [0.4, 0.5) is 5.82 Å². The van der Waals surface area contributed by atoms with Crippen molar-refractivity contribution < 1.29 is 0 Å². The van der Waals surface area contributed by atoms with Crippen LogP contribution in [0.2, 0.25) is 0 Å². The summed E-state index contributed by atoms with van der Waals surface area (Å²) in [4.78, 5) is 4.50. The summed E-state index contributed by atoms with van der Waals surface area (Å²) in [5.74, 6) is 2.00. The fourth-order valence-corrected chi connectivity index (χ4v) is 2.55. The van der Waals surface area contributed by atoms with Crippen molar-refractivity contribution in [1.82, 2.24) is 4.98 Å². The lowest BCUT2D eigenvalue weighted by Gasteiger charge is -2.28. The molecule has 0 aromatic carbocycles. The zero-order valence-corrected chi connectivity index (χ0v) is 10.4. The highest BCUT2D eigenvalue weighted by atomic mass is 15.0. The molecule has 1 fully saturated rings. The smallest absolute Gasteiger partial charge is 0.126 e. The molecule has 1 aliphatic carbocycles. The van der Waals surface area contributed by atoms with Gasteiger partial charge in [0, 0.05) is 11.7 Å². The van der Waals surface area contributed by atoms with Crippen molar-refractivity contribution in [3.63, 3.8) is 0 Å². The van der Waals surface area contributed by atoms with E-state index in [0.29, 0.717) is 6.04 Å². The highest BCUT2D eigenvalue weighted by Gasteiger charge is 2.19. The third-order valence-corrected chi connectivity index (χ3v) is 3.66. The number of anilines is 1. The lowest BCUT2D eigenvalue weighted by molar-refractivity contribution is 0.330. The van der Waals surface area contributed by atoms with Gasteiger partial charge in [0.1, 0.15) is 5.82 Å². The van der Waals surface area contributed by atoms with Crippen molar-refractivity contribution >= 4 is 5.82 Å². The monoisotopic (exact) mass is 218 g/mol. The maximum Gasteiger partial charge on any atom is 0.126 e. The van der Waals surface area contributed by atoms with E-state index >= 15 is 0 Å². The van der Waals surface area contributed by atoms with Crippen molar-refractivity contribution in [2.75, 3.05) is 5.32 Å². The quantitative estimate of drug-likeness (QED) is 0.835.